The lowest BCUT2D eigenvalue weighted by atomic mass is 9.61. The van der Waals surface area contributed by atoms with Crippen LogP contribution in [0.15, 0.2) is 48.5 Å². The Balaban J connectivity index is 1.19. The van der Waals surface area contributed by atoms with Crippen molar-refractivity contribution < 1.29 is 9.50 Å². The van der Waals surface area contributed by atoms with Gasteiger partial charge < -0.3 is 15.4 Å². The van der Waals surface area contributed by atoms with E-state index in [-0.39, 0.29) is 18.8 Å². The summed E-state index contributed by atoms with van der Waals surface area (Å²) in [4.78, 5) is 8.88. The van der Waals surface area contributed by atoms with Crippen molar-refractivity contribution in [1.29, 1.82) is 0 Å². The Bertz CT molecular complexity index is 1270. The summed E-state index contributed by atoms with van der Waals surface area (Å²) in [5, 5.41) is 15.5. The van der Waals surface area contributed by atoms with Gasteiger partial charge in [0.25, 0.3) is 0 Å². The molecular weight excluding hydrogens is 475 g/mol. The molecule has 3 N–H and O–H groups in total. The monoisotopic (exact) mass is 516 g/mol. The molecule has 1 saturated heterocycles. The van der Waals surface area contributed by atoms with Gasteiger partial charge in [-0.25, -0.2) is 0 Å². The third kappa shape index (κ3) is 4.25. The van der Waals surface area contributed by atoms with Crippen molar-refractivity contribution in [2.24, 2.45) is 11.8 Å². The number of fused-ring (bicyclic) bond motifs is 5. The Labute approximate surface area is 225 Å². The van der Waals surface area contributed by atoms with Crippen molar-refractivity contribution in [3.05, 3.63) is 65.4 Å². The van der Waals surface area contributed by atoms with Crippen LogP contribution in [0, 0.1) is 11.8 Å². The second-order valence-corrected chi connectivity index (χ2v) is 12.5. The van der Waals surface area contributed by atoms with Crippen LogP contribution >= 0.6 is 0 Å². The number of nitrogens with one attached hydrogen (secondary N) is 2. The SMILES string of the molecule is C[C@@H]1Cc2c([nH]c3ccccc23)[C@@H](c2ccc(N[C@H]3CN(CCCF)C[C@@H]3O)cc2)N1C1CCC2CC1C2. The standard InChI is InChI=1S/C32H41FN4O/c1-20-15-26-25-5-2-3-6-27(25)35-31(26)32(37(20)29-12-7-21-16-23(29)17-21)22-8-10-24(11-9-22)34-28-18-36(14-4-13-33)19-30(28)38/h2-3,5-6,8-11,20-21,23,28-30,32,34-35,38H,4,7,12-19H2,1H3/t20-,21?,23?,28+,29?,30+,32-/m1/s1. The number of nitrogens with zero attached hydrogens (tertiary/aromatic N) is 2. The number of aliphatic hydroxyl groups is 1. The maximum absolute atomic E-state index is 12.6. The van der Waals surface area contributed by atoms with Crippen LogP contribution in [-0.4, -0.2) is 70.4 Å². The van der Waals surface area contributed by atoms with Gasteiger partial charge in [-0.15, -0.1) is 0 Å². The van der Waals surface area contributed by atoms with Gasteiger partial charge in [0.15, 0.2) is 0 Å². The van der Waals surface area contributed by atoms with Crippen LogP contribution in [0.2, 0.25) is 0 Å². The Morgan fingerprint density at radius 3 is 2.63 bits per heavy atom. The quantitative estimate of drug-likeness (QED) is 0.388. The largest absolute Gasteiger partial charge is 0.390 e. The lowest BCUT2D eigenvalue weighted by Crippen LogP contribution is -2.56. The van der Waals surface area contributed by atoms with Gasteiger partial charge in [-0.3, -0.25) is 14.2 Å². The molecule has 2 aromatic carbocycles. The van der Waals surface area contributed by atoms with Crippen LogP contribution in [0.5, 0.6) is 0 Å². The third-order valence-electron chi connectivity index (χ3n) is 10.0. The molecule has 4 fully saturated rings. The lowest BCUT2D eigenvalue weighted by Gasteiger charge is -2.55. The Morgan fingerprint density at radius 1 is 1.05 bits per heavy atom. The van der Waals surface area contributed by atoms with Gasteiger partial charge in [-0.2, -0.15) is 0 Å². The van der Waals surface area contributed by atoms with Gasteiger partial charge in [0.1, 0.15) is 0 Å². The van der Waals surface area contributed by atoms with E-state index in [2.05, 4.69) is 75.6 Å². The normalized spacial score (nSPS) is 33.3. The van der Waals surface area contributed by atoms with E-state index < -0.39 is 6.10 Å². The first-order valence-electron chi connectivity index (χ1n) is 14.8. The number of para-hydroxylation sites is 1. The second kappa shape index (κ2) is 9.96. The predicted molar refractivity (Wildman–Crippen MR) is 151 cm³/mol. The van der Waals surface area contributed by atoms with Crippen molar-refractivity contribution >= 4 is 16.6 Å². The average molecular weight is 517 g/mol. The molecule has 5 aliphatic rings. The van der Waals surface area contributed by atoms with Crippen molar-refractivity contribution in [2.45, 2.75) is 75.7 Å². The molecule has 38 heavy (non-hydrogen) atoms. The van der Waals surface area contributed by atoms with E-state index in [0.29, 0.717) is 31.6 Å². The minimum Gasteiger partial charge on any atom is -0.390 e. The molecule has 1 unspecified atom stereocenters. The number of aliphatic hydroxyl groups excluding tert-OH is 1. The Kier molecular flexibility index (Phi) is 6.45. The molecule has 0 spiro atoms. The van der Waals surface area contributed by atoms with Crippen LogP contribution in [0.4, 0.5) is 10.1 Å². The molecule has 8 rings (SSSR count). The van der Waals surface area contributed by atoms with Gasteiger partial charge >= 0.3 is 0 Å². The summed E-state index contributed by atoms with van der Waals surface area (Å²) in [6, 6.07) is 19.1. The minimum atomic E-state index is -0.435. The number of hydrogen-bond donors (Lipinski definition) is 3. The Morgan fingerprint density at radius 2 is 1.87 bits per heavy atom. The highest BCUT2D eigenvalue weighted by molar-refractivity contribution is 5.85. The van der Waals surface area contributed by atoms with E-state index >= 15 is 0 Å². The topological polar surface area (TPSA) is 54.5 Å². The zero-order valence-corrected chi connectivity index (χ0v) is 22.5. The van der Waals surface area contributed by atoms with Gasteiger partial charge in [0, 0.05) is 54.0 Å². The number of halogens is 1. The zero-order chi connectivity index (χ0) is 25.8. The minimum absolute atomic E-state index is 0.0271. The number of β-amino-alcohol motifs (C(OH)–C–C–N with tert-alkyl or cyclic N) is 1. The van der Waals surface area contributed by atoms with Crippen molar-refractivity contribution in [2.75, 3.05) is 31.6 Å². The number of rotatable bonds is 7. The fraction of sp³-hybridized carbons (Fsp3) is 0.562. The van der Waals surface area contributed by atoms with Gasteiger partial charge in [-0.05, 0) is 86.6 Å². The molecule has 5 atom stereocenters. The highest BCUT2D eigenvalue weighted by Gasteiger charge is 2.48. The first kappa shape index (κ1) is 24.6. The highest BCUT2D eigenvalue weighted by atomic mass is 19.1. The second-order valence-electron chi connectivity index (χ2n) is 12.5. The molecule has 0 radical (unpaired) electrons. The van der Waals surface area contributed by atoms with E-state index in [1.54, 1.807) is 0 Å². The van der Waals surface area contributed by atoms with Crippen LogP contribution in [0.3, 0.4) is 0 Å². The van der Waals surface area contributed by atoms with Crippen LogP contribution in [0.25, 0.3) is 10.9 Å². The van der Waals surface area contributed by atoms with Gasteiger partial charge in [-0.1, -0.05) is 30.3 Å². The summed E-state index contributed by atoms with van der Waals surface area (Å²) in [6.07, 6.45) is 6.72. The van der Waals surface area contributed by atoms with E-state index in [1.165, 1.54) is 53.4 Å². The number of aromatic amines is 1. The molecular formula is C32H41FN4O. The van der Waals surface area contributed by atoms with E-state index in [4.69, 9.17) is 0 Å². The molecule has 2 bridgehead atoms. The van der Waals surface area contributed by atoms with Crippen molar-refractivity contribution in [3.63, 3.8) is 0 Å². The molecule has 3 aliphatic carbocycles. The summed E-state index contributed by atoms with van der Waals surface area (Å²) in [5.41, 5.74) is 6.49. The molecule has 0 amide bonds. The molecule has 5 nitrogen and oxygen atoms in total. The molecule has 3 heterocycles. The van der Waals surface area contributed by atoms with Gasteiger partial charge in [0.2, 0.25) is 0 Å². The molecule has 202 valence electrons. The summed E-state index contributed by atoms with van der Waals surface area (Å²) in [7, 11) is 0. The highest BCUT2D eigenvalue weighted by Crippen LogP contribution is 2.52. The van der Waals surface area contributed by atoms with Gasteiger partial charge in [0.05, 0.1) is 24.9 Å². The average Bonchev–Trinajstić information content (AvgIpc) is 3.46. The van der Waals surface area contributed by atoms with Crippen LogP contribution < -0.4 is 5.32 Å². The number of H-pyrrole nitrogens is 1. The Hall–Kier alpha value is -2.41. The number of hydrogen-bond acceptors (Lipinski definition) is 4. The maximum Gasteiger partial charge on any atom is 0.0906 e. The summed E-state index contributed by atoms with van der Waals surface area (Å²) >= 11 is 0. The molecule has 3 saturated carbocycles. The third-order valence-corrected chi connectivity index (χ3v) is 10.0. The van der Waals surface area contributed by atoms with Crippen molar-refractivity contribution in [3.8, 4) is 0 Å². The first-order chi connectivity index (χ1) is 18.6. The number of alkyl halides is 1. The van der Waals surface area contributed by atoms with E-state index in [1.807, 2.05) is 0 Å². The lowest BCUT2D eigenvalue weighted by molar-refractivity contribution is -0.0356. The molecule has 2 aliphatic heterocycles. The molecule has 1 aromatic heterocycles. The first-order valence-corrected chi connectivity index (χ1v) is 14.8. The number of likely N-dealkylation sites (tertiary alicyclic amines) is 1. The maximum atomic E-state index is 12.6. The number of aromatic nitrogens is 1. The van der Waals surface area contributed by atoms with Crippen LogP contribution in [-0.2, 0) is 6.42 Å². The molecule has 6 heteroatoms. The van der Waals surface area contributed by atoms with E-state index in [0.717, 1.165) is 30.5 Å². The predicted octanol–water partition coefficient (Wildman–Crippen LogP) is 5.51. The number of anilines is 1. The fourth-order valence-electron chi connectivity index (χ4n) is 8.16. The smallest absolute Gasteiger partial charge is 0.0906 e. The number of benzene rings is 2. The summed E-state index contributed by atoms with van der Waals surface area (Å²) in [5.74, 6) is 1.82. The summed E-state index contributed by atoms with van der Waals surface area (Å²) in [6.45, 7) is 4.20. The zero-order valence-electron chi connectivity index (χ0n) is 22.5. The molecule has 3 aromatic rings. The fourth-order valence-corrected chi connectivity index (χ4v) is 8.16. The van der Waals surface area contributed by atoms with Crippen molar-refractivity contribution in [1.82, 2.24) is 14.8 Å². The van der Waals surface area contributed by atoms with E-state index in [9.17, 15) is 9.50 Å². The summed E-state index contributed by atoms with van der Waals surface area (Å²) < 4.78 is 12.6. The van der Waals surface area contributed by atoms with Crippen LogP contribution in [0.1, 0.15) is 61.9 Å².